The highest BCUT2D eigenvalue weighted by Crippen LogP contribution is 2.43. The number of phosphoric acid groups is 1. The van der Waals surface area contributed by atoms with Crippen LogP contribution in [0, 0.1) is 0 Å². The molecule has 0 aliphatic carbocycles. The number of aliphatic hydroxyl groups is 1. The molecule has 0 aromatic carbocycles. The van der Waals surface area contributed by atoms with Crippen molar-refractivity contribution in [3.8, 4) is 0 Å². The van der Waals surface area contributed by atoms with Crippen molar-refractivity contribution in [1.29, 1.82) is 0 Å². The summed E-state index contributed by atoms with van der Waals surface area (Å²) >= 11 is 0. The molecule has 3 N–H and O–H groups in total. The van der Waals surface area contributed by atoms with Gasteiger partial charge in [-0.25, -0.2) is 4.57 Å². The number of hydrogen-bond acceptors (Lipinski definition) is 5. The number of phosphoric ester groups is 1. The summed E-state index contributed by atoms with van der Waals surface area (Å²) in [4.78, 5) is 23.3. The van der Waals surface area contributed by atoms with Gasteiger partial charge in [-0.2, -0.15) is 0 Å². The summed E-state index contributed by atoms with van der Waals surface area (Å²) in [5, 5.41) is 13.9. The van der Waals surface area contributed by atoms with Crippen LogP contribution in [-0.4, -0.2) is 73.4 Å². The minimum atomic E-state index is -4.37. The van der Waals surface area contributed by atoms with Crippen molar-refractivity contribution in [2.24, 2.45) is 0 Å². The van der Waals surface area contributed by atoms with Crippen molar-refractivity contribution < 1.29 is 32.9 Å². The van der Waals surface area contributed by atoms with E-state index in [1.807, 2.05) is 27.2 Å². The van der Waals surface area contributed by atoms with E-state index in [0.717, 1.165) is 70.6 Å². The molecule has 3 unspecified atom stereocenters. The van der Waals surface area contributed by atoms with Crippen LogP contribution in [0.5, 0.6) is 0 Å². The fourth-order valence-corrected chi connectivity index (χ4v) is 9.55. The molecule has 0 aliphatic heterocycles. The molecule has 0 rings (SSSR count). The zero-order valence-corrected chi connectivity index (χ0v) is 50.0. The van der Waals surface area contributed by atoms with Crippen molar-refractivity contribution in [3.05, 3.63) is 85.1 Å². The van der Waals surface area contributed by atoms with Crippen LogP contribution in [0.4, 0.5) is 0 Å². The molecule has 74 heavy (non-hydrogen) atoms. The number of carbonyl (C=O) groups excluding carboxylic acids is 1. The molecule has 0 aromatic rings. The number of hydrogen-bond donors (Lipinski definition) is 3. The maximum absolute atomic E-state index is 13.0. The van der Waals surface area contributed by atoms with Crippen LogP contribution in [0.3, 0.4) is 0 Å². The Balaban J connectivity index is 4.20. The molecule has 0 spiro atoms. The summed E-state index contributed by atoms with van der Waals surface area (Å²) in [7, 11) is 1.54. The topological polar surface area (TPSA) is 105 Å². The molecular weight excluding hydrogens is 936 g/mol. The smallest absolute Gasteiger partial charge is 0.387 e. The van der Waals surface area contributed by atoms with E-state index in [2.05, 4.69) is 92.1 Å². The first kappa shape index (κ1) is 71.7. The molecule has 3 atom stereocenters. The van der Waals surface area contributed by atoms with E-state index >= 15 is 0 Å². The molecule has 0 saturated heterocycles. The molecule has 430 valence electrons. The van der Waals surface area contributed by atoms with Crippen molar-refractivity contribution in [1.82, 2.24) is 5.32 Å². The predicted octanol–water partition coefficient (Wildman–Crippen LogP) is 19.2. The molecule has 1 amide bonds. The summed E-state index contributed by atoms with van der Waals surface area (Å²) in [5.74, 6) is -0.219. The maximum atomic E-state index is 13.0. The fourth-order valence-electron chi connectivity index (χ4n) is 8.81. The molecule has 0 radical (unpaired) electrons. The lowest BCUT2D eigenvalue weighted by Crippen LogP contribution is -2.45. The van der Waals surface area contributed by atoms with Gasteiger partial charge in [-0.3, -0.25) is 13.8 Å². The Bertz CT molecular complexity index is 1480. The second-order valence-electron chi connectivity index (χ2n) is 22.1. The number of amides is 1. The molecule has 0 saturated carbocycles. The highest BCUT2D eigenvalue weighted by atomic mass is 31.2. The Hall–Kier alpha value is -2.32. The number of quaternary nitrogens is 1. The average molecular weight is 1060 g/mol. The zero-order chi connectivity index (χ0) is 54.2. The van der Waals surface area contributed by atoms with E-state index in [1.165, 1.54) is 173 Å². The highest BCUT2D eigenvalue weighted by Gasteiger charge is 2.27. The summed E-state index contributed by atoms with van der Waals surface area (Å²) in [6.07, 6.45) is 78.6. The number of unbranched alkanes of at least 4 members (excludes halogenated alkanes) is 31. The van der Waals surface area contributed by atoms with Gasteiger partial charge in [-0.05, 0) is 70.6 Å². The first-order valence-corrected chi connectivity index (χ1v) is 32.5. The Morgan fingerprint density at radius 1 is 0.473 bits per heavy atom. The van der Waals surface area contributed by atoms with Gasteiger partial charge in [0, 0.05) is 6.42 Å². The lowest BCUT2D eigenvalue weighted by Gasteiger charge is -2.25. The highest BCUT2D eigenvalue weighted by molar-refractivity contribution is 7.47. The van der Waals surface area contributed by atoms with Gasteiger partial charge < -0.3 is 19.8 Å². The molecule has 8 nitrogen and oxygen atoms in total. The number of nitrogens with zero attached hydrogens (tertiary/aromatic N) is 1. The van der Waals surface area contributed by atoms with Crippen molar-refractivity contribution in [2.75, 3.05) is 40.9 Å². The fraction of sp³-hybridized carbons (Fsp3) is 0.769. The average Bonchev–Trinajstić information content (AvgIpc) is 3.36. The normalized spacial score (nSPS) is 14.4. The first-order chi connectivity index (χ1) is 36.0. The minimum absolute atomic E-state index is 0.0488. The minimum Gasteiger partial charge on any atom is -0.387 e. The number of nitrogens with one attached hydrogen (secondary N) is 1. The second-order valence-corrected chi connectivity index (χ2v) is 23.5. The number of rotatable bonds is 56. The lowest BCUT2D eigenvalue weighted by molar-refractivity contribution is -0.870. The largest absolute Gasteiger partial charge is 0.472 e. The van der Waals surface area contributed by atoms with Crippen LogP contribution in [0.2, 0.25) is 0 Å². The number of allylic oxidation sites excluding steroid dienone is 13. The standard InChI is InChI=1S/C65H119N2O6P/c1-6-8-10-12-14-16-18-20-22-24-26-28-29-30-31-32-33-34-35-36-37-39-40-42-44-46-48-50-52-54-56-58-64(68)63(62-73-74(70,71)72-61-60-67(3,4)5)66-65(69)59-57-55-53-51-49-47-45-43-41-38-27-25-23-21-19-17-15-13-11-9-7-2/h9,11,15,17,21,23,27,38,43,45,49,51,56,58,63-64,68H,6-8,10,12-14,16,18-20,22,24-26,28-37,39-42,44,46-48,50,52-55,57,59-62H2,1-5H3,(H-,66,69,70,71)/p+1/b11-9-,17-15-,23-21-,38-27-,45-43-,51-49-,58-56+. The maximum Gasteiger partial charge on any atom is 0.472 e. The Morgan fingerprint density at radius 3 is 1.19 bits per heavy atom. The van der Waals surface area contributed by atoms with Crippen LogP contribution >= 0.6 is 7.82 Å². The third kappa shape index (κ3) is 57.4. The van der Waals surface area contributed by atoms with Crippen LogP contribution in [-0.2, 0) is 18.4 Å². The number of aliphatic hydroxyl groups excluding tert-OH is 1. The van der Waals surface area contributed by atoms with Gasteiger partial charge in [0.05, 0.1) is 39.9 Å². The molecule has 9 heteroatoms. The van der Waals surface area contributed by atoms with E-state index in [9.17, 15) is 19.4 Å². The van der Waals surface area contributed by atoms with Gasteiger partial charge in [0.25, 0.3) is 0 Å². The molecule has 0 aliphatic rings. The van der Waals surface area contributed by atoms with Gasteiger partial charge in [-0.15, -0.1) is 0 Å². The summed E-state index contributed by atoms with van der Waals surface area (Å²) in [6, 6.07) is -0.877. The summed E-state index contributed by atoms with van der Waals surface area (Å²) < 4.78 is 23.7. The lowest BCUT2D eigenvalue weighted by atomic mass is 10.0. The molecule has 0 fully saturated rings. The quantitative estimate of drug-likeness (QED) is 0.0243. The van der Waals surface area contributed by atoms with E-state index in [1.54, 1.807) is 6.08 Å². The van der Waals surface area contributed by atoms with Gasteiger partial charge in [0.15, 0.2) is 0 Å². The SMILES string of the molecule is CC/C=C\C/C=C\C/C=C\C/C=C\C/C=C\C/C=C\CCCCC(=O)NC(COP(=O)(O)OCC[N+](C)(C)C)C(O)/C=C/CCCCCCCCCCCCCCCCCCCCCCCCCCCCCCC. The van der Waals surface area contributed by atoms with Gasteiger partial charge in [-0.1, -0.05) is 279 Å². The first-order valence-electron chi connectivity index (χ1n) is 31.0. The number of carbonyl (C=O) groups is 1. The van der Waals surface area contributed by atoms with E-state index < -0.39 is 20.0 Å². The summed E-state index contributed by atoms with van der Waals surface area (Å²) in [6.45, 7) is 4.68. The van der Waals surface area contributed by atoms with Crippen LogP contribution in [0.25, 0.3) is 0 Å². The predicted molar refractivity (Wildman–Crippen MR) is 323 cm³/mol. The van der Waals surface area contributed by atoms with Crippen molar-refractivity contribution in [2.45, 2.75) is 283 Å². The third-order valence-electron chi connectivity index (χ3n) is 13.6. The van der Waals surface area contributed by atoms with Crippen LogP contribution < -0.4 is 5.32 Å². The molecule has 0 heterocycles. The summed E-state index contributed by atoms with van der Waals surface area (Å²) in [5.41, 5.74) is 0. The van der Waals surface area contributed by atoms with Crippen molar-refractivity contribution >= 4 is 13.7 Å². The van der Waals surface area contributed by atoms with Gasteiger partial charge in [0.2, 0.25) is 5.91 Å². The number of likely N-dealkylation sites (N-methyl/N-ethyl adjacent to an activating group) is 1. The molecule has 0 bridgehead atoms. The van der Waals surface area contributed by atoms with Gasteiger partial charge >= 0.3 is 7.82 Å². The third-order valence-corrected chi connectivity index (χ3v) is 14.6. The van der Waals surface area contributed by atoms with Crippen LogP contribution in [0.15, 0.2) is 85.1 Å². The Morgan fingerprint density at radius 2 is 0.811 bits per heavy atom. The van der Waals surface area contributed by atoms with E-state index in [-0.39, 0.29) is 19.1 Å². The second kappa shape index (κ2) is 55.4. The molecular formula is C65H120N2O6P+. The van der Waals surface area contributed by atoms with Crippen LogP contribution in [0.1, 0.15) is 271 Å². The zero-order valence-electron chi connectivity index (χ0n) is 49.1. The molecule has 0 aromatic heterocycles. The Kier molecular flexibility index (Phi) is 53.7. The van der Waals surface area contributed by atoms with E-state index in [4.69, 9.17) is 9.05 Å². The van der Waals surface area contributed by atoms with Crippen molar-refractivity contribution in [3.63, 3.8) is 0 Å². The van der Waals surface area contributed by atoms with E-state index in [0.29, 0.717) is 23.9 Å². The Labute approximate surface area is 458 Å². The monoisotopic (exact) mass is 1060 g/mol. The van der Waals surface area contributed by atoms with Gasteiger partial charge in [0.1, 0.15) is 13.2 Å².